The number of pyridine rings is 1. The lowest BCUT2D eigenvalue weighted by Crippen LogP contribution is -1.99. The maximum atomic E-state index is 5.76. The summed E-state index contributed by atoms with van der Waals surface area (Å²) in [7, 11) is 0. The summed E-state index contributed by atoms with van der Waals surface area (Å²) in [5.41, 5.74) is 7.89. The molecule has 0 aliphatic heterocycles. The van der Waals surface area contributed by atoms with E-state index in [0.29, 0.717) is 6.54 Å². The van der Waals surface area contributed by atoms with E-state index < -0.39 is 0 Å². The van der Waals surface area contributed by atoms with Crippen molar-refractivity contribution >= 4 is 0 Å². The van der Waals surface area contributed by atoms with Crippen LogP contribution >= 0.6 is 0 Å². The van der Waals surface area contributed by atoms with Crippen molar-refractivity contribution in [1.82, 2.24) is 4.98 Å². The van der Waals surface area contributed by atoms with Gasteiger partial charge in [-0.15, -0.1) is 0 Å². The Morgan fingerprint density at radius 1 is 1.18 bits per heavy atom. The molecule has 1 heterocycles. The molecule has 0 saturated carbocycles. The summed E-state index contributed by atoms with van der Waals surface area (Å²) < 4.78 is 5.76. The minimum atomic E-state index is 0.449. The summed E-state index contributed by atoms with van der Waals surface area (Å²) in [6, 6.07) is 9.93. The van der Waals surface area contributed by atoms with Crippen LogP contribution in [-0.2, 0) is 13.0 Å². The molecule has 17 heavy (non-hydrogen) atoms. The summed E-state index contributed by atoms with van der Waals surface area (Å²) in [5.74, 6) is 1.53. The third kappa shape index (κ3) is 2.82. The summed E-state index contributed by atoms with van der Waals surface area (Å²) >= 11 is 0. The van der Waals surface area contributed by atoms with Gasteiger partial charge in [-0.3, -0.25) is 4.98 Å². The molecule has 88 valence electrons. The molecule has 2 rings (SSSR count). The quantitative estimate of drug-likeness (QED) is 0.875. The van der Waals surface area contributed by atoms with Crippen LogP contribution in [0.25, 0.3) is 0 Å². The van der Waals surface area contributed by atoms with E-state index in [9.17, 15) is 0 Å². The van der Waals surface area contributed by atoms with Crippen molar-refractivity contribution < 1.29 is 4.74 Å². The third-order valence-electron chi connectivity index (χ3n) is 2.65. The Balaban J connectivity index is 2.19. The average Bonchev–Trinajstić information content (AvgIpc) is 2.40. The van der Waals surface area contributed by atoms with Crippen molar-refractivity contribution in [3.05, 3.63) is 53.9 Å². The second-order valence-corrected chi connectivity index (χ2v) is 3.79. The number of benzene rings is 1. The normalized spacial score (nSPS) is 10.2. The lowest BCUT2D eigenvalue weighted by atomic mass is 10.2. The predicted octanol–water partition coefficient (Wildman–Crippen LogP) is 2.90. The SMILES string of the molecule is CCc1ccc(Oc2cnccc2CN)cc1. The molecule has 0 bridgehead atoms. The van der Waals surface area contributed by atoms with E-state index in [0.717, 1.165) is 23.5 Å². The van der Waals surface area contributed by atoms with Crippen LogP contribution < -0.4 is 10.5 Å². The molecule has 0 amide bonds. The molecule has 2 N–H and O–H groups in total. The summed E-state index contributed by atoms with van der Waals surface area (Å²) in [6.07, 6.45) is 4.44. The highest BCUT2D eigenvalue weighted by Crippen LogP contribution is 2.24. The predicted molar refractivity (Wildman–Crippen MR) is 68.0 cm³/mol. The Bertz CT molecular complexity index is 480. The highest BCUT2D eigenvalue weighted by atomic mass is 16.5. The van der Waals surface area contributed by atoms with Crippen molar-refractivity contribution in [1.29, 1.82) is 0 Å². The van der Waals surface area contributed by atoms with Crippen molar-refractivity contribution in [3.63, 3.8) is 0 Å². The maximum absolute atomic E-state index is 5.76. The first-order chi connectivity index (χ1) is 8.33. The van der Waals surface area contributed by atoms with Crippen molar-refractivity contribution in [2.75, 3.05) is 0 Å². The smallest absolute Gasteiger partial charge is 0.150 e. The van der Waals surface area contributed by atoms with Crippen LogP contribution in [0.3, 0.4) is 0 Å². The number of nitrogens with zero attached hydrogens (tertiary/aromatic N) is 1. The van der Waals surface area contributed by atoms with Gasteiger partial charge in [0.05, 0.1) is 6.20 Å². The van der Waals surface area contributed by atoms with Gasteiger partial charge in [0.15, 0.2) is 0 Å². The molecule has 3 heteroatoms. The fourth-order valence-corrected chi connectivity index (χ4v) is 1.59. The summed E-state index contributed by atoms with van der Waals surface area (Å²) in [4.78, 5) is 4.04. The zero-order valence-electron chi connectivity index (χ0n) is 9.89. The van der Waals surface area contributed by atoms with Crippen LogP contribution in [0.4, 0.5) is 0 Å². The fourth-order valence-electron chi connectivity index (χ4n) is 1.59. The van der Waals surface area contributed by atoms with Crippen LogP contribution in [0, 0.1) is 0 Å². The van der Waals surface area contributed by atoms with E-state index in [-0.39, 0.29) is 0 Å². The molecular formula is C14H16N2O. The van der Waals surface area contributed by atoms with Gasteiger partial charge in [-0.1, -0.05) is 19.1 Å². The molecule has 3 nitrogen and oxygen atoms in total. The van der Waals surface area contributed by atoms with Crippen LogP contribution in [0.2, 0.25) is 0 Å². The van der Waals surface area contributed by atoms with Gasteiger partial charge in [-0.25, -0.2) is 0 Å². The largest absolute Gasteiger partial charge is 0.455 e. The molecule has 0 spiro atoms. The molecule has 0 unspecified atom stereocenters. The first-order valence-electron chi connectivity index (χ1n) is 5.73. The molecule has 0 aliphatic carbocycles. The van der Waals surface area contributed by atoms with Gasteiger partial charge in [0.1, 0.15) is 11.5 Å². The van der Waals surface area contributed by atoms with Gasteiger partial charge in [-0.05, 0) is 30.2 Å². The number of ether oxygens (including phenoxy) is 1. The van der Waals surface area contributed by atoms with Crippen molar-refractivity contribution in [2.24, 2.45) is 5.73 Å². The minimum Gasteiger partial charge on any atom is -0.455 e. The number of nitrogens with two attached hydrogens (primary N) is 1. The molecule has 1 aromatic carbocycles. The number of hydrogen-bond donors (Lipinski definition) is 1. The second-order valence-electron chi connectivity index (χ2n) is 3.79. The van der Waals surface area contributed by atoms with Gasteiger partial charge >= 0.3 is 0 Å². The van der Waals surface area contributed by atoms with Crippen molar-refractivity contribution in [2.45, 2.75) is 19.9 Å². The third-order valence-corrected chi connectivity index (χ3v) is 2.65. The van der Waals surface area contributed by atoms with E-state index >= 15 is 0 Å². The molecule has 1 aromatic heterocycles. The van der Waals surface area contributed by atoms with E-state index in [1.165, 1.54) is 5.56 Å². The van der Waals surface area contributed by atoms with Gasteiger partial charge in [0.2, 0.25) is 0 Å². The monoisotopic (exact) mass is 228 g/mol. The molecule has 2 aromatic rings. The first-order valence-corrected chi connectivity index (χ1v) is 5.73. The van der Waals surface area contributed by atoms with Crippen molar-refractivity contribution in [3.8, 4) is 11.5 Å². The molecule has 0 radical (unpaired) electrons. The number of rotatable bonds is 4. The van der Waals surface area contributed by atoms with Crippen LogP contribution in [0.15, 0.2) is 42.7 Å². The number of aryl methyl sites for hydroxylation is 1. The number of hydrogen-bond acceptors (Lipinski definition) is 3. The summed E-state index contributed by atoms with van der Waals surface area (Å²) in [5, 5.41) is 0. The Labute approximate surface area is 101 Å². The van der Waals surface area contributed by atoms with Crippen LogP contribution in [0.1, 0.15) is 18.1 Å². The molecule has 0 atom stereocenters. The van der Waals surface area contributed by atoms with Crippen LogP contribution in [0.5, 0.6) is 11.5 Å². The lowest BCUT2D eigenvalue weighted by Gasteiger charge is -2.09. The van der Waals surface area contributed by atoms with Gasteiger partial charge in [0.25, 0.3) is 0 Å². The minimum absolute atomic E-state index is 0.449. The Morgan fingerprint density at radius 2 is 1.94 bits per heavy atom. The summed E-state index contributed by atoms with van der Waals surface area (Å²) in [6.45, 7) is 2.58. The van der Waals surface area contributed by atoms with Gasteiger partial charge in [-0.2, -0.15) is 0 Å². The number of aromatic nitrogens is 1. The Kier molecular flexibility index (Phi) is 3.73. The average molecular weight is 228 g/mol. The Morgan fingerprint density at radius 3 is 2.59 bits per heavy atom. The highest BCUT2D eigenvalue weighted by Gasteiger charge is 2.03. The molecule has 0 aliphatic rings. The second kappa shape index (κ2) is 5.46. The van der Waals surface area contributed by atoms with E-state index in [2.05, 4.69) is 24.0 Å². The molecular weight excluding hydrogens is 212 g/mol. The topological polar surface area (TPSA) is 48.1 Å². The van der Waals surface area contributed by atoms with Gasteiger partial charge in [0, 0.05) is 18.3 Å². The molecule has 0 fully saturated rings. The van der Waals surface area contributed by atoms with E-state index in [1.807, 2.05) is 18.2 Å². The first kappa shape index (κ1) is 11.6. The lowest BCUT2D eigenvalue weighted by molar-refractivity contribution is 0.473. The van der Waals surface area contributed by atoms with E-state index in [1.54, 1.807) is 12.4 Å². The standard InChI is InChI=1S/C14H16N2O/c1-2-11-3-5-13(6-4-11)17-14-10-16-8-7-12(14)9-15/h3-8,10H,2,9,15H2,1H3. The maximum Gasteiger partial charge on any atom is 0.150 e. The van der Waals surface area contributed by atoms with Crippen LogP contribution in [-0.4, -0.2) is 4.98 Å². The highest BCUT2D eigenvalue weighted by molar-refractivity contribution is 5.36. The van der Waals surface area contributed by atoms with E-state index in [4.69, 9.17) is 10.5 Å². The van der Waals surface area contributed by atoms with Gasteiger partial charge < -0.3 is 10.5 Å². The molecule has 0 saturated heterocycles. The Hall–Kier alpha value is -1.87. The zero-order chi connectivity index (χ0) is 12.1. The zero-order valence-corrected chi connectivity index (χ0v) is 9.89. The fraction of sp³-hybridized carbons (Fsp3) is 0.214.